The Morgan fingerprint density at radius 2 is 1.02 bits per heavy atom. The number of hydrogen-bond acceptors (Lipinski definition) is 3. The summed E-state index contributed by atoms with van der Waals surface area (Å²) in [6, 6.07) is 62.9. The summed E-state index contributed by atoms with van der Waals surface area (Å²) in [5.41, 5.74) is 11.4. The van der Waals surface area contributed by atoms with E-state index in [9.17, 15) is 0 Å². The Bertz CT molecular complexity index is 2560. The van der Waals surface area contributed by atoms with Crippen molar-refractivity contribution in [2.75, 3.05) is 4.90 Å². The summed E-state index contributed by atoms with van der Waals surface area (Å²) in [5.74, 6) is 0. The highest BCUT2D eigenvalue weighted by Crippen LogP contribution is 2.42. The predicted octanol–water partition coefficient (Wildman–Crippen LogP) is 11.9. The molecule has 1 aliphatic heterocycles. The highest BCUT2D eigenvalue weighted by atomic mass is 16.7. The first-order valence-electron chi connectivity index (χ1n) is 18.4. The summed E-state index contributed by atoms with van der Waals surface area (Å²) in [7, 11) is -0.467. The van der Waals surface area contributed by atoms with E-state index in [1.165, 1.54) is 32.9 Å². The van der Waals surface area contributed by atoms with E-state index in [2.05, 4.69) is 213 Å². The second-order valence-electron chi connectivity index (χ2n) is 14.9. The van der Waals surface area contributed by atoms with Gasteiger partial charge in [0.15, 0.2) is 0 Å². The van der Waals surface area contributed by atoms with Crippen LogP contribution in [0, 0.1) is 0 Å². The molecule has 9 rings (SSSR count). The van der Waals surface area contributed by atoms with E-state index < -0.39 is 18.3 Å². The van der Waals surface area contributed by atoms with Crippen LogP contribution >= 0.6 is 0 Å². The maximum absolute atomic E-state index is 6.55. The minimum Gasteiger partial charge on any atom is -0.399 e. The van der Waals surface area contributed by atoms with Crippen LogP contribution in [0.25, 0.3) is 49.7 Å². The fraction of sp³-hybridized carbons (Fsp3) is 0.125. The van der Waals surface area contributed by atoms with E-state index in [0.717, 1.165) is 39.3 Å². The predicted molar refractivity (Wildman–Crippen MR) is 222 cm³/mol. The highest BCUT2D eigenvalue weighted by Gasteiger charge is 2.52. The lowest BCUT2D eigenvalue weighted by atomic mass is 9.74. The molecule has 53 heavy (non-hydrogen) atoms. The van der Waals surface area contributed by atoms with Crippen molar-refractivity contribution in [3.05, 3.63) is 176 Å². The van der Waals surface area contributed by atoms with Crippen LogP contribution in [0.5, 0.6) is 0 Å². The van der Waals surface area contributed by atoms with Crippen molar-refractivity contribution < 1.29 is 9.31 Å². The van der Waals surface area contributed by atoms with Gasteiger partial charge in [0.1, 0.15) is 0 Å². The number of anilines is 3. The smallest absolute Gasteiger partial charge is 0.399 e. The van der Waals surface area contributed by atoms with Gasteiger partial charge in [-0.05, 0) is 116 Å². The average Bonchev–Trinajstić information content (AvgIpc) is 3.64. The van der Waals surface area contributed by atoms with Gasteiger partial charge in [-0.15, -0.1) is 0 Å². The first-order valence-corrected chi connectivity index (χ1v) is 18.4. The summed E-state index contributed by atoms with van der Waals surface area (Å²) < 4.78 is 15.5. The van der Waals surface area contributed by atoms with Crippen molar-refractivity contribution in [2.24, 2.45) is 0 Å². The molecule has 1 saturated heterocycles. The topological polar surface area (TPSA) is 26.6 Å². The van der Waals surface area contributed by atoms with Crippen LogP contribution in [0.15, 0.2) is 176 Å². The van der Waals surface area contributed by atoms with E-state index in [1.54, 1.807) is 0 Å². The standard InChI is InChI=1S/C48H41BN2O2/c1-47(2)48(3,4)53-49(52-47)44-24-13-11-22-41(44)36-18-15-21-39(32-36)50(38-28-26-35(27-29-38)34-16-7-5-8-17-34)40-30-31-46-43(33-40)42-23-12-14-25-45(42)51(46)37-19-9-6-10-20-37/h5-33H,1-4H3. The summed E-state index contributed by atoms with van der Waals surface area (Å²) in [6.07, 6.45) is 0. The molecule has 0 aliphatic carbocycles. The molecule has 1 aliphatic rings. The van der Waals surface area contributed by atoms with Gasteiger partial charge in [0.2, 0.25) is 0 Å². The quantitative estimate of drug-likeness (QED) is 0.156. The van der Waals surface area contributed by atoms with Crippen LogP contribution in [-0.4, -0.2) is 22.9 Å². The minimum atomic E-state index is -0.467. The molecule has 0 saturated carbocycles. The van der Waals surface area contributed by atoms with Crippen LogP contribution < -0.4 is 10.4 Å². The Kier molecular flexibility index (Phi) is 8.07. The second-order valence-corrected chi connectivity index (χ2v) is 14.9. The normalized spacial score (nSPS) is 14.9. The van der Waals surface area contributed by atoms with Crippen LogP contribution in [0.2, 0.25) is 0 Å². The molecule has 7 aromatic carbocycles. The van der Waals surface area contributed by atoms with Gasteiger partial charge >= 0.3 is 7.12 Å². The molecule has 2 heterocycles. The Morgan fingerprint density at radius 1 is 0.453 bits per heavy atom. The van der Waals surface area contributed by atoms with Crippen LogP contribution in [-0.2, 0) is 9.31 Å². The van der Waals surface area contributed by atoms with Gasteiger partial charge in [0.25, 0.3) is 0 Å². The number of nitrogens with zero attached hydrogens (tertiary/aromatic N) is 2. The zero-order chi connectivity index (χ0) is 36.2. The van der Waals surface area contributed by atoms with Crippen molar-refractivity contribution in [1.29, 1.82) is 0 Å². The zero-order valence-electron chi connectivity index (χ0n) is 30.5. The zero-order valence-corrected chi connectivity index (χ0v) is 30.5. The van der Waals surface area contributed by atoms with Gasteiger partial charge in [-0.3, -0.25) is 0 Å². The number of para-hydroxylation sites is 2. The van der Waals surface area contributed by atoms with Gasteiger partial charge in [-0.1, -0.05) is 115 Å². The third-order valence-electron chi connectivity index (χ3n) is 11.0. The molecule has 1 fully saturated rings. The largest absolute Gasteiger partial charge is 0.495 e. The van der Waals surface area contributed by atoms with Gasteiger partial charge in [-0.2, -0.15) is 0 Å². The third-order valence-corrected chi connectivity index (χ3v) is 11.0. The molecule has 1 aromatic heterocycles. The number of hydrogen-bond donors (Lipinski definition) is 0. The minimum absolute atomic E-state index is 0.433. The number of aromatic nitrogens is 1. The molecule has 5 heteroatoms. The molecule has 0 atom stereocenters. The Balaban J connectivity index is 1.20. The molecule has 0 N–H and O–H groups in total. The fourth-order valence-corrected chi connectivity index (χ4v) is 7.58. The average molecular weight is 689 g/mol. The lowest BCUT2D eigenvalue weighted by Crippen LogP contribution is -2.41. The first-order chi connectivity index (χ1) is 25.8. The molecule has 0 amide bonds. The maximum atomic E-state index is 6.55. The molecular formula is C48H41BN2O2. The molecule has 4 nitrogen and oxygen atoms in total. The fourth-order valence-electron chi connectivity index (χ4n) is 7.58. The Morgan fingerprint density at radius 3 is 1.77 bits per heavy atom. The van der Waals surface area contributed by atoms with Gasteiger partial charge in [0, 0.05) is 33.5 Å². The number of rotatable bonds is 7. The van der Waals surface area contributed by atoms with Crippen LogP contribution in [0.4, 0.5) is 17.1 Å². The van der Waals surface area contributed by atoms with Crippen molar-refractivity contribution >= 4 is 51.4 Å². The lowest BCUT2D eigenvalue weighted by Gasteiger charge is -2.32. The summed E-state index contributed by atoms with van der Waals surface area (Å²) >= 11 is 0. The second kappa shape index (κ2) is 13.0. The summed E-state index contributed by atoms with van der Waals surface area (Å²) in [6.45, 7) is 8.41. The third kappa shape index (κ3) is 5.83. The molecule has 258 valence electrons. The van der Waals surface area contributed by atoms with E-state index in [-0.39, 0.29) is 0 Å². The SMILES string of the molecule is CC1(C)OB(c2ccccc2-c2cccc(N(c3ccc(-c4ccccc4)cc3)c3ccc4c(c3)c3ccccc3n4-c3ccccc3)c2)OC1(C)C. The number of fused-ring (bicyclic) bond motifs is 3. The molecular weight excluding hydrogens is 647 g/mol. The molecule has 0 spiro atoms. The van der Waals surface area contributed by atoms with E-state index in [0.29, 0.717) is 0 Å². The molecule has 0 radical (unpaired) electrons. The van der Waals surface area contributed by atoms with Crippen molar-refractivity contribution in [3.63, 3.8) is 0 Å². The molecule has 8 aromatic rings. The van der Waals surface area contributed by atoms with Crippen molar-refractivity contribution in [1.82, 2.24) is 4.57 Å². The van der Waals surface area contributed by atoms with E-state index in [1.807, 2.05) is 0 Å². The van der Waals surface area contributed by atoms with E-state index >= 15 is 0 Å². The van der Waals surface area contributed by atoms with Crippen LogP contribution in [0.1, 0.15) is 27.7 Å². The van der Waals surface area contributed by atoms with Gasteiger partial charge < -0.3 is 18.8 Å². The Hall–Kier alpha value is -5.88. The summed E-state index contributed by atoms with van der Waals surface area (Å²) in [4.78, 5) is 2.36. The number of benzene rings is 7. The van der Waals surface area contributed by atoms with Crippen molar-refractivity contribution in [2.45, 2.75) is 38.9 Å². The molecule has 0 bridgehead atoms. The monoisotopic (exact) mass is 688 g/mol. The molecule has 0 unspecified atom stereocenters. The van der Waals surface area contributed by atoms with Gasteiger partial charge in [0.05, 0.1) is 22.2 Å². The first kappa shape index (κ1) is 33.0. The highest BCUT2D eigenvalue weighted by molar-refractivity contribution is 6.63. The van der Waals surface area contributed by atoms with Crippen molar-refractivity contribution in [3.8, 4) is 27.9 Å². The summed E-state index contributed by atoms with van der Waals surface area (Å²) in [5, 5.41) is 2.42. The van der Waals surface area contributed by atoms with E-state index in [4.69, 9.17) is 9.31 Å². The van der Waals surface area contributed by atoms with Gasteiger partial charge in [-0.25, -0.2) is 0 Å². The lowest BCUT2D eigenvalue weighted by molar-refractivity contribution is 0.00578. The maximum Gasteiger partial charge on any atom is 0.495 e. The van der Waals surface area contributed by atoms with Crippen LogP contribution in [0.3, 0.4) is 0 Å². The Labute approximate surface area is 312 Å².